The molecular formula is C16H12ClF2N3O. The number of H-pyrrole nitrogens is 1. The second kappa shape index (κ2) is 6.34. The van der Waals surface area contributed by atoms with Gasteiger partial charge in [0, 0.05) is 13.0 Å². The number of aromatic nitrogens is 2. The lowest BCUT2D eigenvalue weighted by Gasteiger charge is -2.06. The number of amides is 1. The highest BCUT2D eigenvalue weighted by atomic mass is 35.5. The quantitative estimate of drug-likeness (QED) is 0.717. The average Bonchev–Trinajstić information content (AvgIpc) is 2.93. The minimum Gasteiger partial charge on any atom is -0.352 e. The molecule has 0 aliphatic carbocycles. The lowest BCUT2D eigenvalue weighted by Crippen LogP contribution is -2.26. The fourth-order valence-corrected chi connectivity index (χ4v) is 2.45. The Balaban J connectivity index is 1.64. The summed E-state index contributed by atoms with van der Waals surface area (Å²) < 4.78 is 26.2. The summed E-state index contributed by atoms with van der Waals surface area (Å²) in [5, 5.41) is 2.47. The summed E-state index contributed by atoms with van der Waals surface area (Å²) in [6.07, 6.45) is 0.474. The van der Waals surface area contributed by atoms with Gasteiger partial charge in [-0.05, 0) is 24.3 Å². The van der Waals surface area contributed by atoms with Crippen LogP contribution in [0.15, 0.2) is 36.4 Å². The van der Waals surface area contributed by atoms with E-state index in [4.69, 9.17) is 11.6 Å². The van der Waals surface area contributed by atoms with E-state index in [1.165, 1.54) is 0 Å². The molecule has 1 aromatic heterocycles. The Bertz CT molecular complexity index is 846. The molecule has 0 saturated heterocycles. The van der Waals surface area contributed by atoms with Crippen molar-refractivity contribution in [2.75, 3.05) is 6.54 Å². The molecule has 4 nitrogen and oxygen atoms in total. The predicted octanol–water partition coefficient (Wildman–Crippen LogP) is 3.47. The first kappa shape index (κ1) is 15.4. The predicted molar refractivity (Wildman–Crippen MR) is 83.5 cm³/mol. The minimum absolute atomic E-state index is 0.102. The fourth-order valence-electron chi connectivity index (χ4n) is 2.21. The highest BCUT2D eigenvalue weighted by molar-refractivity contribution is 6.33. The van der Waals surface area contributed by atoms with Crippen LogP contribution in [0.2, 0.25) is 5.02 Å². The van der Waals surface area contributed by atoms with Gasteiger partial charge >= 0.3 is 0 Å². The average molecular weight is 336 g/mol. The number of hydrogen-bond donors (Lipinski definition) is 2. The van der Waals surface area contributed by atoms with E-state index in [-0.39, 0.29) is 17.1 Å². The molecule has 0 atom stereocenters. The molecule has 3 rings (SSSR count). The third-order valence-corrected chi connectivity index (χ3v) is 3.65. The first-order chi connectivity index (χ1) is 11.0. The van der Waals surface area contributed by atoms with Crippen LogP contribution in [0.3, 0.4) is 0 Å². The molecule has 0 aliphatic heterocycles. The van der Waals surface area contributed by atoms with Crippen LogP contribution in [0.4, 0.5) is 8.78 Å². The Labute approximate surface area is 135 Å². The van der Waals surface area contributed by atoms with Gasteiger partial charge in [-0.1, -0.05) is 23.7 Å². The zero-order valence-corrected chi connectivity index (χ0v) is 12.6. The van der Waals surface area contributed by atoms with E-state index >= 15 is 0 Å². The number of rotatable bonds is 4. The van der Waals surface area contributed by atoms with E-state index in [2.05, 4.69) is 15.3 Å². The van der Waals surface area contributed by atoms with Gasteiger partial charge in [-0.25, -0.2) is 13.8 Å². The van der Waals surface area contributed by atoms with E-state index < -0.39 is 17.5 Å². The SMILES string of the molecule is O=C(NCCc1nc2ccccc2[nH]1)c1cc(F)c(F)cc1Cl. The summed E-state index contributed by atoms with van der Waals surface area (Å²) in [6, 6.07) is 9.15. The van der Waals surface area contributed by atoms with Crippen LogP contribution in [-0.2, 0) is 6.42 Å². The van der Waals surface area contributed by atoms with Crippen molar-refractivity contribution in [1.82, 2.24) is 15.3 Å². The van der Waals surface area contributed by atoms with E-state index in [1.807, 2.05) is 24.3 Å². The number of nitrogens with one attached hydrogen (secondary N) is 2. The minimum atomic E-state index is -1.11. The van der Waals surface area contributed by atoms with E-state index in [1.54, 1.807) is 0 Å². The molecule has 0 bridgehead atoms. The molecule has 0 fully saturated rings. The number of para-hydroxylation sites is 2. The van der Waals surface area contributed by atoms with Crippen molar-refractivity contribution in [2.24, 2.45) is 0 Å². The van der Waals surface area contributed by atoms with Gasteiger partial charge in [0.25, 0.3) is 5.91 Å². The summed E-state index contributed by atoms with van der Waals surface area (Å²) in [6.45, 7) is 0.286. The maximum Gasteiger partial charge on any atom is 0.252 e. The van der Waals surface area contributed by atoms with Gasteiger partial charge in [-0.3, -0.25) is 4.79 Å². The number of halogens is 3. The fraction of sp³-hybridized carbons (Fsp3) is 0.125. The summed E-state index contributed by atoms with van der Waals surface area (Å²) in [5.74, 6) is -2.04. The summed E-state index contributed by atoms with van der Waals surface area (Å²) >= 11 is 5.76. The van der Waals surface area contributed by atoms with Gasteiger partial charge in [0.2, 0.25) is 0 Å². The number of fused-ring (bicyclic) bond motifs is 1. The normalized spacial score (nSPS) is 10.9. The van der Waals surface area contributed by atoms with Crippen molar-refractivity contribution in [3.05, 3.63) is 64.4 Å². The second-order valence-electron chi connectivity index (χ2n) is 4.95. The van der Waals surface area contributed by atoms with Crippen molar-refractivity contribution in [1.29, 1.82) is 0 Å². The molecule has 0 spiro atoms. The molecule has 0 unspecified atom stereocenters. The highest BCUT2D eigenvalue weighted by Gasteiger charge is 2.14. The Morgan fingerprint density at radius 3 is 2.74 bits per heavy atom. The third kappa shape index (κ3) is 3.32. The second-order valence-corrected chi connectivity index (χ2v) is 5.36. The lowest BCUT2D eigenvalue weighted by molar-refractivity contribution is 0.0953. The smallest absolute Gasteiger partial charge is 0.252 e. The molecule has 118 valence electrons. The largest absolute Gasteiger partial charge is 0.352 e. The number of aromatic amines is 1. The molecule has 0 saturated carbocycles. The third-order valence-electron chi connectivity index (χ3n) is 3.34. The highest BCUT2D eigenvalue weighted by Crippen LogP contribution is 2.20. The van der Waals surface area contributed by atoms with Gasteiger partial charge in [-0.2, -0.15) is 0 Å². The number of nitrogens with zero attached hydrogens (tertiary/aromatic N) is 1. The van der Waals surface area contributed by atoms with Crippen LogP contribution >= 0.6 is 11.6 Å². The van der Waals surface area contributed by atoms with Crippen LogP contribution in [0.5, 0.6) is 0 Å². The van der Waals surface area contributed by atoms with Gasteiger partial charge in [-0.15, -0.1) is 0 Å². The van der Waals surface area contributed by atoms with Crippen molar-refractivity contribution in [3.63, 3.8) is 0 Å². The Kier molecular flexibility index (Phi) is 4.25. The molecule has 2 aromatic carbocycles. The zero-order chi connectivity index (χ0) is 16.4. The standard InChI is InChI=1S/C16H12ClF2N3O/c17-10-8-12(19)11(18)7-9(10)16(23)20-6-5-15-21-13-3-1-2-4-14(13)22-15/h1-4,7-8H,5-6H2,(H,20,23)(H,21,22). The number of hydrogen-bond acceptors (Lipinski definition) is 2. The summed E-state index contributed by atoms with van der Waals surface area (Å²) in [4.78, 5) is 19.5. The zero-order valence-electron chi connectivity index (χ0n) is 11.9. The molecule has 23 heavy (non-hydrogen) atoms. The molecule has 0 aliphatic rings. The Hall–Kier alpha value is -2.47. The molecule has 1 amide bonds. The van der Waals surface area contributed by atoms with Gasteiger partial charge in [0.1, 0.15) is 5.82 Å². The van der Waals surface area contributed by atoms with Crippen LogP contribution in [0.1, 0.15) is 16.2 Å². The van der Waals surface area contributed by atoms with Crippen molar-refractivity contribution in [3.8, 4) is 0 Å². The number of carbonyl (C=O) groups excluding carboxylic acids is 1. The maximum atomic E-state index is 13.2. The first-order valence-corrected chi connectivity index (χ1v) is 7.29. The Morgan fingerprint density at radius 1 is 1.22 bits per heavy atom. The monoisotopic (exact) mass is 335 g/mol. The van der Waals surface area contributed by atoms with Crippen LogP contribution in [-0.4, -0.2) is 22.4 Å². The molecule has 7 heteroatoms. The number of carbonyl (C=O) groups is 1. The Morgan fingerprint density at radius 2 is 1.96 bits per heavy atom. The van der Waals surface area contributed by atoms with Gasteiger partial charge in [0.05, 0.1) is 21.6 Å². The van der Waals surface area contributed by atoms with Crippen molar-refractivity contribution >= 4 is 28.5 Å². The van der Waals surface area contributed by atoms with Crippen LogP contribution < -0.4 is 5.32 Å². The maximum absolute atomic E-state index is 13.2. The molecular weight excluding hydrogens is 324 g/mol. The van der Waals surface area contributed by atoms with Crippen LogP contribution in [0.25, 0.3) is 11.0 Å². The van der Waals surface area contributed by atoms with Crippen molar-refractivity contribution < 1.29 is 13.6 Å². The van der Waals surface area contributed by atoms with E-state index in [0.717, 1.165) is 29.0 Å². The number of benzene rings is 2. The molecule has 1 heterocycles. The van der Waals surface area contributed by atoms with Crippen LogP contribution in [0, 0.1) is 11.6 Å². The van der Waals surface area contributed by atoms with Gasteiger partial charge < -0.3 is 10.3 Å². The summed E-state index contributed by atoms with van der Waals surface area (Å²) in [5.41, 5.74) is 1.66. The van der Waals surface area contributed by atoms with E-state index in [9.17, 15) is 13.6 Å². The summed E-state index contributed by atoms with van der Waals surface area (Å²) in [7, 11) is 0. The van der Waals surface area contributed by atoms with Gasteiger partial charge in [0.15, 0.2) is 11.6 Å². The topological polar surface area (TPSA) is 57.8 Å². The molecule has 3 aromatic rings. The first-order valence-electron chi connectivity index (χ1n) is 6.91. The molecule has 0 radical (unpaired) electrons. The lowest BCUT2D eigenvalue weighted by atomic mass is 10.2. The van der Waals surface area contributed by atoms with E-state index in [0.29, 0.717) is 6.42 Å². The molecule has 2 N–H and O–H groups in total. The number of imidazole rings is 1. The van der Waals surface area contributed by atoms with Crippen molar-refractivity contribution in [2.45, 2.75) is 6.42 Å².